The lowest BCUT2D eigenvalue weighted by atomic mass is 10.2. The van der Waals surface area contributed by atoms with Gasteiger partial charge in [0, 0.05) is 13.6 Å². The molecule has 0 aliphatic rings. The molecule has 6 heteroatoms. The van der Waals surface area contributed by atoms with E-state index in [1.54, 1.807) is 6.92 Å². The van der Waals surface area contributed by atoms with Gasteiger partial charge in [-0.15, -0.1) is 0 Å². The number of carbonyl (C=O) groups is 1. The van der Waals surface area contributed by atoms with E-state index in [4.69, 9.17) is 0 Å². The van der Waals surface area contributed by atoms with E-state index in [0.29, 0.717) is 0 Å². The Balaban J connectivity index is 2.67. The molecule has 0 radical (unpaired) electrons. The summed E-state index contributed by atoms with van der Waals surface area (Å²) < 4.78 is 38.4. The summed E-state index contributed by atoms with van der Waals surface area (Å²) in [5.41, 5.74) is 0.233. The fourth-order valence-corrected chi connectivity index (χ4v) is 1.29. The highest BCUT2D eigenvalue weighted by Crippen LogP contribution is 2.13. The van der Waals surface area contributed by atoms with Crippen LogP contribution in [0, 0.1) is 17.5 Å². The molecule has 1 amide bonds. The van der Waals surface area contributed by atoms with Crippen LogP contribution in [0.1, 0.15) is 12.5 Å². The molecule has 17 heavy (non-hydrogen) atoms. The third-order valence-electron chi connectivity index (χ3n) is 2.30. The first-order chi connectivity index (χ1) is 7.95. The molecule has 0 heterocycles. The molecule has 0 spiro atoms. The molecule has 0 saturated heterocycles. The smallest absolute Gasteiger partial charge is 0.236 e. The second kappa shape index (κ2) is 5.67. The summed E-state index contributed by atoms with van der Waals surface area (Å²) in [5.74, 6) is -4.22. The Kier molecular flexibility index (Phi) is 4.51. The molecule has 1 atom stereocenters. The van der Waals surface area contributed by atoms with Crippen molar-refractivity contribution < 1.29 is 18.0 Å². The zero-order valence-corrected chi connectivity index (χ0v) is 9.48. The number of hydrogen-bond donors (Lipinski definition) is 2. The first-order valence-corrected chi connectivity index (χ1v) is 5.04. The third-order valence-corrected chi connectivity index (χ3v) is 2.30. The Morgan fingerprint density at radius 3 is 2.29 bits per heavy atom. The maximum atomic E-state index is 12.9. The van der Waals surface area contributed by atoms with Gasteiger partial charge in [-0.2, -0.15) is 0 Å². The van der Waals surface area contributed by atoms with Gasteiger partial charge in [-0.25, -0.2) is 13.2 Å². The van der Waals surface area contributed by atoms with Crippen LogP contribution in [-0.2, 0) is 11.3 Å². The lowest BCUT2D eigenvalue weighted by molar-refractivity contribution is -0.122. The van der Waals surface area contributed by atoms with E-state index < -0.39 is 23.5 Å². The molecule has 3 nitrogen and oxygen atoms in total. The van der Waals surface area contributed by atoms with E-state index in [2.05, 4.69) is 10.6 Å². The molecular weight excluding hydrogens is 233 g/mol. The summed E-state index contributed by atoms with van der Waals surface area (Å²) in [5, 5.41) is 5.18. The standard InChI is InChI=1S/C11H13F3N2O/c1-6(11(17)15-2)16-5-7-3-8(12)10(14)9(13)4-7/h3-4,6,16H,5H2,1-2H3,(H,15,17). The van der Waals surface area contributed by atoms with Gasteiger partial charge in [0.15, 0.2) is 17.5 Å². The van der Waals surface area contributed by atoms with Gasteiger partial charge in [0.25, 0.3) is 0 Å². The summed E-state index contributed by atoms with van der Waals surface area (Å²) in [7, 11) is 1.48. The van der Waals surface area contributed by atoms with Crippen molar-refractivity contribution in [1.82, 2.24) is 10.6 Å². The van der Waals surface area contributed by atoms with Crippen LogP contribution in [0.4, 0.5) is 13.2 Å². The second-order valence-electron chi connectivity index (χ2n) is 3.59. The predicted molar refractivity (Wildman–Crippen MR) is 56.7 cm³/mol. The number of nitrogens with one attached hydrogen (secondary N) is 2. The van der Waals surface area contributed by atoms with Gasteiger partial charge in [0.1, 0.15) is 0 Å². The van der Waals surface area contributed by atoms with Crippen LogP contribution in [0.25, 0.3) is 0 Å². The van der Waals surface area contributed by atoms with Crippen molar-refractivity contribution in [2.75, 3.05) is 7.05 Å². The molecule has 0 aliphatic carbocycles. The Labute approximate surface area is 97.0 Å². The number of likely N-dealkylation sites (N-methyl/N-ethyl adjacent to an activating group) is 1. The fraction of sp³-hybridized carbons (Fsp3) is 0.364. The Bertz CT molecular complexity index is 400. The van der Waals surface area contributed by atoms with Crippen LogP contribution in [0.5, 0.6) is 0 Å². The van der Waals surface area contributed by atoms with Crippen LogP contribution in [0.15, 0.2) is 12.1 Å². The van der Waals surface area contributed by atoms with E-state index in [1.807, 2.05) is 0 Å². The minimum atomic E-state index is -1.49. The van der Waals surface area contributed by atoms with Gasteiger partial charge in [-0.3, -0.25) is 4.79 Å². The van der Waals surface area contributed by atoms with E-state index in [-0.39, 0.29) is 18.0 Å². The molecule has 0 aliphatic heterocycles. The molecule has 1 unspecified atom stereocenters. The van der Waals surface area contributed by atoms with Crippen molar-refractivity contribution in [2.24, 2.45) is 0 Å². The molecular formula is C11H13F3N2O. The van der Waals surface area contributed by atoms with Gasteiger partial charge >= 0.3 is 0 Å². The molecule has 1 rings (SSSR count). The van der Waals surface area contributed by atoms with Gasteiger partial charge in [-0.05, 0) is 24.6 Å². The minimum absolute atomic E-state index is 0.0721. The second-order valence-corrected chi connectivity index (χ2v) is 3.59. The van der Waals surface area contributed by atoms with Crippen LogP contribution in [-0.4, -0.2) is 19.0 Å². The third kappa shape index (κ3) is 3.45. The number of amides is 1. The van der Waals surface area contributed by atoms with Gasteiger partial charge in [0.05, 0.1) is 6.04 Å². The molecule has 94 valence electrons. The lowest BCUT2D eigenvalue weighted by Crippen LogP contribution is -2.40. The number of halogens is 3. The van der Waals surface area contributed by atoms with E-state index in [9.17, 15) is 18.0 Å². The Morgan fingerprint density at radius 2 is 1.82 bits per heavy atom. The summed E-state index contributed by atoms with van der Waals surface area (Å²) in [4.78, 5) is 11.1. The van der Waals surface area contributed by atoms with E-state index >= 15 is 0 Å². The highest BCUT2D eigenvalue weighted by atomic mass is 19.2. The summed E-state index contributed by atoms with van der Waals surface area (Å²) in [6.45, 7) is 1.68. The van der Waals surface area contributed by atoms with Gasteiger partial charge in [-0.1, -0.05) is 0 Å². The van der Waals surface area contributed by atoms with Crippen LogP contribution in [0.3, 0.4) is 0 Å². The maximum Gasteiger partial charge on any atom is 0.236 e. The van der Waals surface area contributed by atoms with Crippen LogP contribution in [0.2, 0.25) is 0 Å². The highest BCUT2D eigenvalue weighted by Gasteiger charge is 2.13. The van der Waals surface area contributed by atoms with E-state index in [0.717, 1.165) is 12.1 Å². The first-order valence-electron chi connectivity index (χ1n) is 5.04. The molecule has 1 aromatic carbocycles. The number of hydrogen-bond acceptors (Lipinski definition) is 2. The van der Waals surface area contributed by atoms with Crippen molar-refractivity contribution in [2.45, 2.75) is 19.5 Å². The molecule has 1 aromatic rings. The topological polar surface area (TPSA) is 41.1 Å². The Hall–Kier alpha value is -1.56. The van der Waals surface area contributed by atoms with Crippen molar-refractivity contribution in [3.63, 3.8) is 0 Å². The van der Waals surface area contributed by atoms with Crippen molar-refractivity contribution >= 4 is 5.91 Å². The summed E-state index contributed by atoms with van der Waals surface area (Å²) in [6.07, 6.45) is 0. The fourth-order valence-electron chi connectivity index (χ4n) is 1.29. The number of benzene rings is 1. The number of rotatable bonds is 4. The predicted octanol–water partition coefficient (Wildman–Crippen LogP) is 1.33. The van der Waals surface area contributed by atoms with Crippen molar-refractivity contribution in [3.05, 3.63) is 35.1 Å². The zero-order chi connectivity index (χ0) is 13.0. The van der Waals surface area contributed by atoms with Crippen molar-refractivity contribution in [1.29, 1.82) is 0 Å². The van der Waals surface area contributed by atoms with Crippen molar-refractivity contribution in [3.8, 4) is 0 Å². The zero-order valence-electron chi connectivity index (χ0n) is 9.48. The molecule has 0 bridgehead atoms. The number of carbonyl (C=O) groups excluding carboxylic acids is 1. The molecule has 2 N–H and O–H groups in total. The monoisotopic (exact) mass is 246 g/mol. The Morgan fingerprint density at radius 1 is 1.29 bits per heavy atom. The maximum absolute atomic E-state index is 12.9. The van der Waals surface area contributed by atoms with Gasteiger partial charge in [0.2, 0.25) is 5.91 Å². The van der Waals surface area contributed by atoms with E-state index in [1.165, 1.54) is 7.05 Å². The quantitative estimate of drug-likeness (QED) is 0.787. The van der Waals surface area contributed by atoms with Crippen LogP contribution >= 0.6 is 0 Å². The molecule has 0 saturated carbocycles. The average Bonchev–Trinajstić information content (AvgIpc) is 2.31. The normalized spacial score (nSPS) is 12.3. The minimum Gasteiger partial charge on any atom is -0.358 e. The largest absolute Gasteiger partial charge is 0.358 e. The lowest BCUT2D eigenvalue weighted by Gasteiger charge is -2.12. The summed E-state index contributed by atoms with van der Waals surface area (Å²) >= 11 is 0. The average molecular weight is 246 g/mol. The van der Waals surface area contributed by atoms with Gasteiger partial charge < -0.3 is 10.6 Å². The first kappa shape index (κ1) is 13.5. The SMILES string of the molecule is CNC(=O)C(C)NCc1cc(F)c(F)c(F)c1. The molecule has 0 fully saturated rings. The summed E-state index contributed by atoms with van der Waals surface area (Å²) in [6, 6.07) is 1.28. The molecule has 0 aromatic heterocycles. The highest BCUT2D eigenvalue weighted by molar-refractivity contribution is 5.80. The van der Waals surface area contributed by atoms with Crippen LogP contribution < -0.4 is 10.6 Å².